The second-order valence-electron chi connectivity index (χ2n) is 17.2. The van der Waals surface area contributed by atoms with E-state index in [2.05, 4.69) is 43.5 Å². The molecular formula is C50H93NO8. The molecule has 7 unspecified atom stereocenters. The Morgan fingerprint density at radius 1 is 0.559 bits per heavy atom. The average molecular weight is 836 g/mol. The number of unbranched alkanes of at least 4 members (excludes halogenated alkanes) is 27. The standard InChI is InChI=1S/C50H93NO8/c1-3-5-7-9-11-13-15-17-18-19-20-21-22-23-24-25-26-28-29-31-33-35-37-39-44(53)43(42-58-50-49(57)48(56)47(55)45(41-52)59-50)51-46(54)40-38-36-34-32-30-27-16-14-12-10-8-6-4-2/h14,16,29,31,37,39,43-45,47-50,52-53,55-57H,3-13,15,17-28,30,32-36,38,40-42H2,1-2H3,(H,51,54)/b16-14-,31-29+,39-37+. The summed E-state index contributed by atoms with van der Waals surface area (Å²) in [4.78, 5) is 12.9. The van der Waals surface area contributed by atoms with Gasteiger partial charge in [-0.15, -0.1) is 0 Å². The average Bonchev–Trinajstić information content (AvgIpc) is 3.23. The Morgan fingerprint density at radius 2 is 0.966 bits per heavy atom. The van der Waals surface area contributed by atoms with Gasteiger partial charge in [-0.2, -0.15) is 0 Å². The van der Waals surface area contributed by atoms with E-state index in [1.54, 1.807) is 6.08 Å². The smallest absolute Gasteiger partial charge is 0.220 e. The molecule has 0 saturated carbocycles. The molecule has 1 saturated heterocycles. The Kier molecular flexibility index (Phi) is 38.0. The minimum atomic E-state index is -1.57. The van der Waals surface area contributed by atoms with Crippen molar-refractivity contribution in [3.8, 4) is 0 Å². The third kappa shape index (κ3) is 31.0. The van der Waals surface area contributed by atoms with Crippen molar-refractivity contribution in [2.75, 3.05) is 13.2 Å². The van der Waals surface area contributed by atoms with Crippen LogP contribution in [0.5, 0.6) is 0 Å². The van der Waals surface area contributed by atoms with E-state index in [1.807, 2.05) is 6.08 Å². The molecule has 0 bridgehead atoms. The predicted octanol–water partition coefficient (Wildman–Crippen LogP) is 10.8. The van der Waals surface area contributed by atoms with Gasteiger partial charge in [-0.1, -0.05) is 192 Å². The summed E-state index contributed by atoms with van der Waals surface area (Å²) in [5.74, 6) is -0.196. The van der Waals surface area contributed by atoms with Crippen molar-refractivity contribution in [2.45, 2.75) is 262 Å². The number of hydrogen-bond acceptors (Lipinski definition) is 8. The molecule has 1 heterocycles. The summed E-state index contributed by atoms with van der Waals surface area (Å²) < 4.78 is 11.2. The lowest BCUT2D eigenvalue weighted by Crippen LogP contribution is -2.60. The molecule has 59 heavy (non-hydrogen) atoms. The first-order valence-corrected chi connectivity index (χ1v) is 24.7. The van der Waals surface area contributed by atoms with Crippen LogP contribution >= 0.6 is 0 Å². The van der Waals surface area contributed by atoms with E-state index in [-0.39, 0.29) is 12.5 Å². The molecule has 1 aliphatic rings. The molecule has 0 radical (unpaired) electrons. The third-order valence-electron chi connectivity index (χ3n) is 11.7. The number of amides is 1. The van der Waals surface area contributed by atoms with Crippen molar-refractivity contribution in [2.24, 2.45) is 0 Å². The second kappa shape index (κ2) is 40.5. The van der Waals surface area contributed by atoms with Crippen LogP contribution in [0.15, 0.2) is 36.5 Å². The van der Waals surface area contributed by atoms with Crippen molar-refractivity contribution in [1.29, 1.82) is 0 Å². The molecule has 0 spiro atoms. The normalized spacial score (nSPS) is 21.0. The van der Waals surface area contributed by atoms with Crippen molar-refractivity contribution in [1.82, 2.24) is 5.32 Å². The molecular weight excluding hydrogens is 743 g/mol. The summed E-state index contributed by atoms with van der Waals surface area (Å²) in [6.07, 6.45) is 43.4. The summed E-state index contributed by atoms with van der Waals surface area (Å²) in [5, 5.41) is 54.2. The monoisotopic (exact) mass is 836 g/mol. The maximum atomic E-state index is 12.9. The summed E-state index contributed by atoms with van der Waals surface area (Å²) in [6, 6.07) is -0.824. The van der Waals surface area contributed by atoms with Gasteiger partial charge in [-0.3, -0.25) is 4.79 Å². The molecule has 1 fully saturated rings. The first-order valence-electron chi connectivity index (χ1n) is 24.7. The van der Waals surface area contributed by atoms with Crippen LogP contribution in [0.25, 0.3) is 0 Å². The molecule has 9 nitrogen and oxygen atoms in total. The van der Waals surface area contributed by atoms with Crippen LogP contribution < -0.4 is 5.32 Å². The Hall–Kier alpha value is -1.59. The molecule has 6 N–H and O–H groups in total. The number of allylic oxidation sites excluding steroid dienone is 5. The summed E-state index contributed by atoms with van der Waals surface area (Å²) in [6.45, 7) is 3.74. The Morgan fingerprint density at radius 3 is 1.44 bits per heavy atom. The number of aliphatic hydroxyl groups excluding tert-OH is 5. The Labute approximate surface area is 361 Å². The topological polar surface area (TPSA) is 149 Å². The number of nitrogens with one attached hydrogen (secondary N) is 1. The van der Waals surface area contributed by atoms with Crippen molar-refractivity contribution in [3.05, 3.63) is 36.5 Å². The van der Waals surface area contributed by atoms with Gasteiger partial charge < -0.3 is 40.3 Å². The van der Waals surface area contributed by atoms with Gasteiger partial charge in [-0.25, -0.2) is 0 Å². The highest BCUT2D eigenvalue weighted by molar-refractivity contribution is 5.76. The summed E-state index contributed by atoms with van der Waals surface area (Å²) >= 11 is 0. The highest BCUT2D eigenvalue weighted by Gasteiger charge is 2.44. The van der Waals surface area contributed by atoms with Gasteiger partial charge in [0.1, 0.15) is 24.4 Å². The fraction of sp³-hybridized carbons (Fsp3) is 0.860. The van der Waals surface area contributed by atoms with E-state index in [4.69, 9.17) is 9.47 Å². The van der Waals surface area contributed by atoms with Gasteiger partial charge in [0.15, 0.2) is 6.29 Å². The van der Waals surface area contributed by atoms with Gasteiger partial charge in [-0.05, 0) is 57.8 Å². The first-order chi connectivity index (χ1) is 28.8. The second-order valence-corrected chi connectivity index (χ2v) is 17.2. The highest BCUT2D eigenvalue weighted by atomic mass is 16.7. The van der Waals surface area contributed by atoms with Crippen LogP contribution in [0, 0.1) is 0 Å². The third-order valence-corrected chi connectivity index (χ3v) is 11.7. The maximum Gasteiger partial charge on any atom is 0.220 e. The van der Waals surface area contributed by atoms with E-state index in [0.29, 0.717) is 6.42 Å². The SMILES string of the molecule is CCCCCC/C=C\CCCCCCCC(=O)NC(COC1OC(CO)C(O)C(O)C1O)C(O)/C=C/CC/C=C/CCCCCCCCCCCCCCCCCCC. The van der Waals surface area contributed by atoms with Gasteiger partial charge in [0.2, 0.25) is 5.91 Å². The van der Waals surface area contributed by atoms with Crippen molar-refractivity contribution < 1.29 is 39.8 Å². The minimum absolute atomic E-state index is 0.196. The van der Waals surface area contributed by atoms with E-state index in [9.17, 15) is 30.3 Å². The quantitative estimate of drug-likeness (QED) is 0.0263. The number of ether oxygens (including phenoxy) is 2. The minimum Gasteiger partial charge on any atom is -0.394 e. The molecule has 1 aliphatic heterocycles. The number of carbonyl (C=O) groups is 1. The largest absolute Gasteiger partial charge is 0.394 e. The Balaban J connectivity index is 2.32. The van der Waals surface area contributed by atoms with E-state index in [0.717, 1.165) is 57.8 Å². The molecule has 1 rings (SSSR count). The zero-order chi connectivity index (χ0) is 43.0. The van der Waals surface area contributed by atoms with Crippen LogP contribution in [-0.4, -0.2) is 87.5 Å². The summed E-state index contributed by atoms with van der Waals surface area (Å²) in [7, 11) is 0. The van der Waals surface area contributed by atoms with Crippen LogP contribution in [-0.2, 0) is 14.3 Å². The lowest BCUT2D eigenvalue weighted by atomic mass is 9.99. The molecule has 346 valence electrons. The first kappa shape index (κ1) is 55.4. The van der Waals surface area contributed by atoms with Crippen LogP contribution in [0.4, 0.5) is 0 Å². The highest BCUT2D eigenvalue weighted by Crippen LogP contribution is 2.23. The maximum absolute atomic E-state index is 12.9. The van der Waals surface area contributed by atoms with Crippen molar-refractivity contribution in [3.63, 3.8) is 0 Å². The fourth-order valence-corrected chi connectivity index (χ4v) is 7.70. The molecule has 0 aromatic carbocycles. The summed E-state index contributed by atoms with van der Waals surface area (Å²) in [5.41, 5.74) is 0. The molecule has 0 aliphatic carbocycles. The van der Waals surface area contributed by atoms with E-state index >= 15 is 0 Å². The molecule has 0 aromatic rings. The zero-order valence-electron chi connectivity index (χ0n) is 38.0. The number of hydrogen-bond donors (Lipinski definition) is 6. The number of aliphatic hydroxyl groups is 5. The molecule has 0 aromatic heterocycles. The van der Waals surface area contributed by atoms with Crippen LogP contribution in [0.2, 0.25) is 0 Å². The number of carbonyl (C=O) groups excluding carboxylic acids is 1. The Bertz CT molecular complexity index is 1020. The molecule has 1 amide bonds. The van der Waals surface area contributed by atoms with Gasteiger partial charge in [0.25, 0.3) is 0 Å². The lowest BCUT2D eigenvalue weighted by molar-refractivity contribution is -0.302. The molecule has 7 atom stereocenters. The van der Waals surface area contributed by atoms with Gasteiger partial charge in [0, 0.05) is 6.42 Å². The van der Waals surface area contributed by atoms with E-state index in [1.165, 1.54) is 141 Å². The van der Waals surface area contributed by atoms with Gasteiger partial charge >= 0.3 is 0 Å². The zero-order valence-corrected chi connectivity index (χ0v) is 38.0. The van der Waals surface area contributed by atoms with Crippen LogP contribution in [0.3, 0.4) is 0 Å². The van der Waals surface area contributed by atoms with E-state index < -0.39 is 49.5 Å². The number of rotatable bonds is 41. The molecule has 9 heteroatoms. The predicted molar refractivity (Wildman–Crippen MR) is 244 cm³/mol. The van der Waals surface area contributed by atoms with Crippen LogP contribution in [0.1, 0.15) is 219 Å². The van der Waals surface area contributed by atoms with Crippen molar-refractivity contribution >= 4 is 5.91 Å². The fourth-order valence-electron chi connectivity index (χ4n) is 7.70. The van der Waals surface area contributed by atoms with Gasteiger partial charge in [0.05, 0.1) is 25.4 Å². The lowest BCUT2D eigenvalue weighted by Gasteiger charge is -2.40.